The quantitative estimate of drug-likeness (QED) is 0.711. The van der Waals surface area contributed by atoms with E-state index in [1.54, 1.807) is 35.4 Å². The second-order valence-corrected chi connectivity index (χ2v) is 6.17. The van der Waals surface area contributed by atoms with Crippen LogP contribution in [0.1, 0.15) is 29.8 Å². The van der Waals surface area contributed by atoms with Gasteiger partial charge in [-0.05, 0) is 56.2 Å². The van der Waals surface area contributed by atoms with Crippen LogP contribution in [-0.2, 0) is 6.42 Å². The van der Waals surface area contributed by atoms with E-state index in [9.17, 15) is 4.79 Å². The summed E-state index contributed by atoms with van der Waals surface area (Å²) < 4.78 is 7.27. The summed E-state index contributed by atoms with van der Waals surface area (Å²) in [7, 11) is 0. The van der Waals surface area contributed by atoms with Crippen molar-refractivity contribution in [2.45, 2.75) is 26.4 Å². The van der Waals surface area contributed by atoms with Gasteiger partial charge in [0.25, 0.3) is 5.91 Å². The van der Waals surface area contributed by atoms with Gasteiger partial charge in [0.05, 0.1) is 11.7 Å². The van der Waals surface area contributed by atoms with Gasteiger partial charge < -0.3 is 10.1 Å². The number of amides is 1. The highest BCUT2D eigenvalue weighted by Gasteiger charge is 2.07. The standard InChI is InChI=1S/C20H22N4O2/c1-15(2)26-18-7-4-16(5-8-18)10-12-21-20(25)17-6-9-19(22-14-17)24-13-3-11-23-24/h3-9,11,13-15H,10,12H2,1-2H3,(H,21,25). The van der Waals surface area contributed by atoms with E-state index in [1.165, 1.54) is 0 Å². The summed E-state index contributed by atoms with van der Waals surface area (Å²) in [5.74, 6) is 1.40. The number of carbonyl (C=O) groups is 1. The molecule has 0 radical (unpaired) electrons. The molecule has 2 heterocycles. The Labute approximate surface area is 152 Å². The van der Waals surface area contributed by atoms with Gasteiger partial charge in [0.2, 0.25) is 0 Å². The van der Waals surface area contributed by atoms with Crippen molar-refractivity contribution in [3.8, 4) is 11.6 Å². The molecule has 0 atom stereocenters. The third kappa shape index (κ3) is 4.69. The summed E-state index contributed by atoms with van der Waals surface area (Å²) in [6.45, 7) is 4.56. The maximum atomic E-state index is 12.2. The van der Waals surface area contributed by atoms with Crippen molar-refractivity contribution in [3.05, 3.63) is 72.2 Å². The molecule has 0 saturated heterocycles. The fraction of sp³-hybridized carbons (Fsp3) is 0.250. The van der Waals surface area contributed by atoms with Crippen LogP contribution >= 0.6 is 0 Å². The smallest absolute Gasteiger partial charge is 0.252 e. The lowest BCUT2D eigenvalue weighted by Crippen LogP contribution is -2.25. The molecule has 0 fully saturated rings. The Hall–Kier alpha value is -3.15. The first-order valence-electron chi connectivity index (χ1n) is 8.61. The van der Waals surface area contributed by atoms with Crippen LogP contribution in [-0.4, -0.2) is 33.3 Å². The molecule has 0 bridgehead atoms. The minimum absolute atomic E-state index is 0.135. The van der Waals surface area contributed by atoms with E-state index in [1.807, 2.05) is 44.2 Å². The Kier molecular flexibility index (Phi) is 5.63. The number of rotatable bonds is 7. The highest BCUT2D eigenvalue weighted by molar-refractivity contribution is 5.93. The van der Waals surface area contributed by atoms with Gasteiger partial charge in [-0.15, -0.1) is 0 Å². The number of nitrogens with zero attached hydrogens (tertiary/aromatic N) is 3. The van der Waals surface area contributed by atoms with Gasteiger partial charge in [-0.25, -0.2) is 9.67 Å². The van der Waals surface area contributed by atoms with Gasteiger partial charge in [-0.1, -0.05) is 12.1 Å². The first kappa shape index (κ1) is 17.7. The lowest BCUT2D eigenvalue weighted by atomic mass is 10.1. The second-order valence-electron chi connectivity index (χ2n) is 6.17. The number of hydrogen-bond donors (Lipinski definition) is 1. The maximum absolute atomic E-state index is 12.2. The number of ether oxygens (including phenoxy) is 1. The van der Waals surface area contributed by atoms with Gasteiger partial charge >= 0.3 is 0 Å². The first-order valence-corrected chi connectivity index (χ1v) is 8.61. The molecule has 0 aliphatic heterocycles. The first-order chi connectivity index (χ1) is 12.6. The minimum atomic E-state index is -0.135. The predicted molar refractivity (Wildman–Crippen MR) is 99.6 cm³/mol. The summed E-state index contributed by atoms with van der Waals surface area (Å²) in [5, 5.41) is 7.03. The average molecular weight is 350 g/mol. The van der Waals surface area contributed by atoms with Gasteiger partial charge in [-0.2, -0.15) is 5.10 Å². The molecule has 0 spiro atoms. The molecule has 3 rings (SSSR count). The molecule has 0 unspecified atom stereocenters. The maximum Gasteiger partial charge on any atom is 0.252 e. The lowest BCUT2D eigenvalue weighted by molar-refractivity contribution is 0.0953. The fourth-order valence-electron chi connectivity index (χ4n) is 2.49. The molecule has 1 amide bonds. The lowest BCUT2D eigenvalue weighted by Gasteiger charge is -2.10. The molecule has 26 heavy (non-hydrogen) atoms. The fourth-order valence-corrected chi connectivity index (χ4v) is 2.49. The van der Waals surface area contributed by atoms with Gasteiger partial charge in [0, 0.05) is 25.1 Å². The zero-order chi connectivity index (χ0) is 18.4. The molecule has 134 valence electrons. The second kappa shape index (κ2) is 8.29. The van der Waals surface area contributed by atoms with Crippen molar-refractivity contribution in [2.24, 2.45) is 0 Å². The SMILES string of the molecule is CC(C)Oc1ccc(CCNC(=O)c2ccc(-n3cccn3)nc2)cc1. The van der Waals surface area contributed by atoms with Crippen LogP contribution in [0.4, 0.5) is 0 Å². The molecule has 6 nitrogen and oxygen atoms in total. The molecule has 1 aromatic carbocycles. The summed E-state index contributed by atoms with van der Waals surface area (Å²) in [5.41, 5.74) is 1.68. The van der Waals surface area contributed by atoms with E-state index in [0.29, 0.717) is 17.9 Å². The Bertz CT molecular complexity index is 825. The highest BCUT2D eigenvalue weighted by Crippen LogP contribution is 2.14. The largest absolute Gasteiger partial charge is 0.491 e. The molecular weight excluding hydrogens is 328 g/mol. The third-order valence-corrected chi connectivity index (χ3v) is 3.74. The van der Waals surface area contributed by atoms with Gasteiger partial charge in [0.15, 0.2) is 5.82 Å². The van der Waals surface area contributed by atoms with E-state index >= 15 is 0 Å². The number of nitrogens with one attached hydrogen (secondary N) is 1. The van der Waals surface area contributed by atoms with E-state index in [0.717, 1.165) is 17.7 Å². The topological polar surface area (TPSA) is 69.0 Å². The number of carbonyl (C=O) groups excluding carboxylic acids is 1. The molecule has 3 aromatic rings. The van der Waals surface area contributed by atoms with E-state index in [4.69, 9.17) is 4.74 Å². The Balaban J connectivity index is 1.49. The van der Waals surface area contributed by atoms with Crippen molar-refractivity contribution < 1.29 is 9.53 Å². The monoisotopic (exact) mass is 350 g/mol. The zero-order valence-corrected chi connectivity index (χ0v) is 14.9. The minimum Gasteiger partial charge on any atom is -0.491 e. The summed E-state index contributed by atoms with van der Waals surface area (Å²) in [4.78, 5) is 16.5. The zero-order valence-electron chi connectivity index (χ0n) is 14.9. The number of pyridine rings is 1. The van der Waals surface area contributed by atoms with Crippen molar-refractivity contribution in [1.82, 2.24) is 20.1 Å². The van der Waals surface area contributed by atoms with Crippen LogP contribution in [0.5, 0.6) is 5.75 Å². The third-order valence-electron chi connectivity index (χ3n) is 3.74. The Morgan fingerprint density at radius 1 is 1.19 bits per heavy atom. The molecule has 0 aliphatic rings. The summed E-state index contributed by atoms with van der Waals surface area (Å²) >= 11 is 0. The van der Waals surface area contributed by atoms with Crippen molar-refractivity contribution in [1.29, 1.82) is 0 Å². The average Bonchev–Trinajstić information content (AvgIpc) is 3.17. The molecular formula is C20H22N4O2. The van der Waals surface area contributed by atoms with Crippen LogP contribution in [0.3, 0.4) is 0 Å². The van der Waals surface area contributed by atoms with Crippen molar-refractivity contribution in [3.63, 3.8) is 0 Å². The number of aromatic nitrogens is 3. The Morgan fingerprint density at radius 2 is 2.00 bits per heavy atom. The van der Waals surface area contributed by atoms with E-state index in [-0.39, 0.29) is 12.0 Å². The van der Waals surface area contributed by atoms with Crippen LogP contribution in [0.25, 0.3) is 5.82 Å². The summed E-state index contributed by atoms with van der Waals surface area (Å²) in [6.07, 6.45) is 5.97. The summed E-state index contributed by atoms with van der Waals surface area (Å²) in [6, 6.07) is 13.3. The predicted octanol–water partition coefficient (Wildman–Crippen LogP) is 3.03. The van der Waals surface area contributed by atoms with E-state index in [2.05, 4.69) is 15.4 Å². The van der Waals surface area contributed by atoms with Gasteiger partial charge in [0.1, 0.15) is 5.75 Å². The molecule has 0 saturated carbocycles. The number of benzene rings is 1. The van der Waals surface area contributed by atoms with Crippen LogP contribution in [0.15, 0.2) is 61.1 Å². The van der Waals surface area contributed by atoms with Crippen LogP contribution in [0.2, 0.25) is 0 Å². The normalized spacial score (nSPS) is 10.7. The van der Waals surface area contributed by atoms with Crippen LogP contribution < -0.4 is 10.1 Å². The highest BCUT2D eigenvalue weighted by atomic mass is 16.5. The van der Waals surface area contributed by atoms with E-state index < -0.39 is 0 Å². The molecule has 2 aromatic heterocycles. The number of hydrogen-bond acceptors (Lipinski definition) is 4. The molecule has 1 N–H and O–H groups in total. The van der Waals surface area contributed by atoms with Crippen molar-refractivity contribution >= 4 is 5.91 Å². The molecule has 6 heteroatoms. The van der Waals surface area contributed by atoms with Crippen LogP contribution in [0, 0.1) is 0 Å². The molecule has 0 aliphatic carbocycles. The van der Waals surface area contributed by atoms with Gasteiger partial charge in [-0.3, -0.25) is 4.79 Å². The van der Waals surface area contributed by atoms with Crippen molar-refractivity contribution in [2.75, 3.05) is 6.54 Å². The Morgan fingerprint density at radius 3 is 2.62 bits per heavy atom.